The first-order valence-electron chi connectivity index (χ1n) is 6.30. The smallest absolute Gasteiger partial charge is 0.208 e. The molecule has 0 aromatic heterocycles. The minimum atomic E-state index is -3.05. The minimum absolute atomic E-state index is 0.126. The van der Waals surface area contributed by atoms with Gasteiger partial charge >= 0.3 is 0 Å². The maximum atomic E-state index is 11.1. The van der Waals surface area contributed by atoms with E-state index < -0.39 is 10.0 Å². The van der Waals surface area contributed by atoms with Crippen LogP contribution in [0.1, 0.15) is 19.3 Å². The Balaban J connectivity index is 1.70. The van der Waals surface area contributed by atoms with Crippen molar-refractivity contribution >= 4 is 10.0 Å². The van der Waals surface area contributed by atoms with E-state index in [0.717, 1.165) is 45.7 Å². The van der Waals surface area contributed by atoms with Gasteiger partial charge < -0.3 is 9.64 Å². The summed E-state index contributed by atoms with van der Waals surface area (Å²) < 4.78 is 30.3. The van der Waals surface area contributed by atoms with Gasteiger partial charge in [-0.05, 0) is 38.3 Å². The quantitative estimate of drug-likeness (QED) is 0.777. The fourth-order valence-electron chi connectivity index (χ4n) is 2.63. The van der Waals surface area contributed by atoms with Crippen LogP contribution in [0.4, 0.5) is 0 Å². The Morgan fingerprint density at radius 1 is 1.29 bits per heavy atom. The summed E-state index contributed by atoms with van der Waals surface area (Å²) >= 11 is 0. The summed E-state index contributed by atoms with van der Waals surface area (Å²) in [6, 6.07) is 0.126. The third kappa shape index (κ3) is 4.54. The summed E-state index contributed by atoms with van der Waals surface area (Å²) in [6.45, 7) is 4.87. The molecule has 2 heterocycles. The number of sulfonamides is 1. The van der Waals surface area contributed by atoms with Gasteiger partial charge in [-0.25, -0.2) is 13.1 Å². The monoisotopic (exact) mass is 262 g/mol. The second kappa shape index (κ2) is 5.65. The van der Waals surface area contributed by atoms with Crippen molar-refractivity contribution in [2.24, 2.45) is 5.92 Å². The molecule has 2 fully saturated rings. The van der Waals surface area contributed by atoms with Gasteiger partial charge in [0, 0.05) is 19.2 Å². The number of nitrogens with one attached hydrogen (secondary N) is 1. The van der Waals surface area contributed by atoms with Crippen LogP contribution in [0.25, 0.3) is 0 Å². The van der Waals surface area contributed by atoms with Crippen LogP contribution < -0.4 is 4.72 Å². The number of hydrogen-bond donors (Lipinski definition) is 1. The third-order valence-corrected chi connectivity index (χ3v) is 4.27. The third-order valence-electron chi connectivity index (χ3n) is 3.51. The molecule has 17 heavy (non-hydrogen) atoms. The lowest BCUT2D eigenvalue weighted by Crippen LogP contribution is -2.45. The fraction of sp³-hybridized carbons (Fsp3) is 1.00. The molecular weight excluding hydrogens is 240 g/mol. The number of piperidine rings is 1. The largest absolute Gasteiger partial charge is 0.381 e. The molecule has 0 spiro atoms. The van der Waals surface area contributed by atoms with Crippen LogP contribution >= 0.6 is 0 Å². The van der Waals surface area contributed by atoms with Crippen LogP contribution in [0, 0.1) is 5.92 Å². The van der Waals surface area contributed by atoms with E-state index in [1.807, 2.05) is 0 Å². The van der Waals surface area contributed by atoms with E-state index in [9.17, 15) is 8.42 Å². The van der Waals surface area contributed by atoms with Crippen LogP contribution in [0.15, 0.2) is 0 Å². The van der Waals surface area contributed by atoms with Crippen molar-refractivity contribution < 1.29 is 13.2 Å². The zero-order valence-electron chi connectivity index (χ0n) is 10.4. The summed E-state index contributed by atoms with van der Waals surface area (Å²) in [5, 5.41) is 0. The molecule has 0 aliphatic carbocycles. The van der Waals surface area contributed by atoms with Crippen molar-refractivity contribution in [2.75, 3.05) is 39.1 Å². The lowest BCUT2D eigenvalue weighted by Gasteiger charge is -2.33. The average Bonchev–Trinajstić information content (AvgIpc) is 2.71. The highest BCUT2D eigenvalue weighted by Crippen LogP contribution is 2.17. The Morgan fingerprint density at radius 3 is 2.53 bits per heavy atom. The standard InChI is InChI=1S/C11H22N2O3S/c1-17(14,15)12-11-2-5-13(6-3-11)8-10-4-7-16-9-10/h10-12H,2-9H2,1H3/t10-/m1/s1. The van der Waals surface area contributed by atoms with Crippen molar-refractivity contribution in [1.82, 2.24) is 9.62 Å². The number of nitrogens with zero attached hydrogens (tertiary/aromatic N) is 1. The first-order chi connectivity index (χ1) is 8.03. The Kier molecular flexibility index (Phi) is 4.41. The first-order valence-corrected chi connectivity index (χ1v) is 8.19. The molecule has 0 radical (unpaired) electrons. The highest BCUT2D eigenvalue weighted by atomic mass is 32.2. The van der Waals surface area contributed by atoms with Crippen LogP contribution in [-0.2, 0) is 14.8 Å². The molecule has 0 aromatic carbocycles. The average molecular weight is 262 g/mol. The number of likely N-dealkylation sites (tertiary alicyclic amines) is 1. The van der Waals surface area contributed by atoms with Crippen molar-refractivity contribution in [2.45, 2.75) is 25.3 Å². The molecule has 0 bridgehead atoms. The van der Waals surface area contributed by atoms with Gasteiger partial charge in [0.1, 0.15) is 0 Å². The van der Waals surface area contributed by atoms with Crippen LogP contribution in [0.5, 0.6) is 0 Å². The maximum Gasteiger partial charge on any atom is 0.208 e. The van der Waals surface area contributed by atoms with Crippen molar-refractivity contribution in [1.29, 1.82) is 0 Å². The minimum Gasteiger partial charge on any atom is -0.381 e. The molecule has 0 saturated carbocycles. The normalized spacial score (nSPS) is 28.6. The van der Waals surface area contributed by atoms with E-state index in [2.05, 4.69) is 9.62 Å². The first kappa shape index (κ1) is 13.3. The van der Waals surface area contributed by atoms with E-state index in [1.165, 1.54) is 12.7 Å². The van der Waals surface area contributed by atoms with Gasteiger partial charge in [-0.1, -0.05) is 0 Å². The highest BCUT2D eigenvalue weighted by Gasteiger charge is 2.24. The van der Waals surface area contributed by atoms with Crippen LogP contribution in [-0.4, -0.2) is 58.5 Å². The summed E-state index contributed by atoms with van der Waals surface area (Å²) in [7, 11) is -3.05. The van der Waals surface area contributed by atoms with Crippen molar-refractivity contribution in [3.8, 4) is 0 Å². The molecule has 2 aliphatic rings. The van der Waals surface area contributed by atoms with E-state index in [4.69, 9.17) is 4.74 Å². The molecule has 1 N–H and O–H groups in total. The molecule has 0 unspecified atom stereocenters. The summed E-state index contributed by atoms with van der Waals surface area (Å²) in [4.78, 5) is 2.43. The Bertz CT molecular complexity index is 331. The van der Waals surface area contributed by atoms with Gasteiger partial charge in [0.25, 0.3) is 0 Å². The van der Waals surface area contributed by atoms with E-state index >= 15 is 0 Å². The molecular formula is C11H22N2O3S. The predicted molar refractivity (Wildman–Crippen MR) is 66.4 cm³/mol. The molecule has 2 aliphatic heterocycles. The second-order valence-corrected chi connectivity index (χ2v) is 6.97. The number of hydrogen-bond acceptors (Lipinski definition) is 4. The van der Waals surface area contributed by atoms with E-state index in [1.54, 1.807) is 0 Å². The maximum absolute atomic E-state index is 11.1. The van der Waals surface area contributed by atoms with Gasteiger partial charge in [-0.2, -0.15) is 0 Å². The summed E-state index contributed by atoms with van der Waals surface area (Å²) in [5.74, 6) is 0.675. The topological polar surface area (TPSA) is 58.6 Å². The molecule has 2 saturated heterocycles. The lowest BCUT2D eigenvalue weighted by atomic mass is 10.0. The molecule has 100 valence electrons. The SMILES string of the molecule is CS(=O)(=O)NC1CCN(C[C@H]2CCOC2)CC1. The van der Waals surface area contributed by atoms with Crippen LogP contribution in [0.2, 0.25) is 0 Å². The second-order valence-electron chi connectivity index (χ2n) is 5.19. The van der Waals surface area contributed by atoms with Crippen molar-refractivity contribution in [3.63, 3.8) is 0 Å². The highest BCUT2D eigenvalue weighted by molar-refractivity contribution is 7.88. The Hall–Kier alpha value is -0.170. The Morgan fingerprint density at radius 2 is 2.00 bits per heavy atom. The molecule has 0 amide bonds. The van der Waals surface area contributed by atoms with Gasteiger partial charge in [0.05, 0.1) is 12.9 Å². The van der Waals surface area contributed by atoms with Gasteiger partial charge in [-0.15, -0.1) is 0 Å². The zero-order chi connectivity index (χ0) is 12.3. The molecule has 6 heteroatoms. The zero-order valence-corrected chi connectivity index (χ0v) is 11.2. The molecule has 0 aromatic rings. The summed E-state index contributed by atoms with van der Waals surface area (Å²) in [6.07, 6.45) is 4.23. The number of ether oxygens (including phenoxy) is 1. The fourth-order valence-corrected chi connectivity index (χ4v) is 3.47. The van der Waals surface area contributed by atoms with Gasteiger partial charge in [0.2, 0.25) is 10.0 Å². The summed E-state index contributed by atoms with van der Waals surface area (Å²) in [5.41, 5.74) is 0. The van der Waals surface area contributed by atoms with Gasteiger partial charge in [-0.3, -0.25) is 0 Å². The Labute approximate surface area is 104 Å². The molecule has 2 rings (SSSR count). The van der Waals surface area contributed by atoms with E-state index in [0.29, 0.717) is 5.92 Å². The molecule has 5 nitrogen and oxygen atoms in total. The van der Waals surface area contributed by atoms with Gasteiger partial charge in [0.15, 0.2) is 0 Å². The van der Waals surface area contributed by atoms with E-state index in [-0.39, 0.29) is 6.04 Å². The van der Waals surface area contributed by atoms with Crippen molar-refractivity contribution in [3.05, 3.63) is 0 Å². The number of rotatable bonds is 4. The predicted octanol–water partition coefficient (Wildman–Crippen LogP) is 0.0365. The molecule has 1 atom stereocenters. The van der Waals surface area contributed by atoms with Crippen LogP contribution in [0.3, 0.4) is 0 Å². The lowest BCUT2D eigenvalue weighted by molar-refractivity contribution is 0.151.